The highest BCUT2D eigenvalue weighted by Crippen LogP contribution is 2.21. The molecular weight excluding hydrogens is 334 g/mol. The highest BCUT2D eigenvalue weighted by molar-refractivity contribution is 5.94. The lowest BCUT2D eigenvalue weighted by molar-refractivity contribution is 0.0958. The van der Waals surface area contributed by atoms with E-state index in [1.54, 1.807) is 6.08 Å². The van der Waals surface area contributed by atoms with Gasteiger partial charge in [0.05, 0.1) is 0 Å². The highest BCUT2D eigenvalue weighted by Gasteiger charge is 2.17. The summed E-state index contributed by atoms with van der Waals surface area (Å²) >= 11 is 0. The highest BCUT2D eigenvalue weighted by atomic mass is 16.1. The molecule has 142 valence electrons. The fourth-order valence-corrected chi connectivity index (χ4v) is 3.37. The van der Waals surface area contributed by atoms with Crippen molar-refractivity contribution in [2.24, 2.45) is 0 Å². The molecule has 0 aliphatic carbocycles. The third-order valence-corrected chi connectivity index (χ3v) is 5.26. The number of amides is 1. The second kappa shape index (κ2) is 8.87. The number of carbonyl (C=O) groups excluding carboxylic acids is 1. The zero-order valence-electron chi connectivity index (χ0n) is 16.4. The molecule has 1 heterocycles. The number of carbonyl (C=O) groups is 1. The van der Waals surface area contributed by atoms with E-state index in [1.165, 1.54) is 22.4 Å². The number of hydrogen-bond donors (Lipinski definition) is 1. The molecule has 3 rings (SSSR count). The van der Waals surface area contributed by atoms with E-state index in [0.29, 0.717) is 12.1 Å². The van der Waals surface area contributed by atoms with Crippen molar-refractivity contribution in [3.8, 4) is 0 Å². The van der Waals surface area contributed by atoms with E-state index < -0.39 is 0 Å². The van der Waals surface area contributed by atoms with Gasteiger partial charge in [0.25, 0.3) is 5.91 Å². The Labute approximate surface area is 162 Å². The largest absolute Gasteiger partial charge is 0.369 e. The van der Waals surface area contributed by atoms with Gasteiger partial charge in [-0.15, -0.1) is 6.58 Å². The minimum Gasteiger partial charge on any atom is -0.369 e. The van der Waals surface area contributed by atoms with E-state index in [-0.39, 0.29) is 5.91 Å². The van der Waals surface area contributed by atoms with Gasteiger partial charge in [-0.05, 0) is 54.8 Å². The molecule has 0 bridgehead atoms. The van der Waals surface area contributed by atoms with Gasteiger partial charge in [0.1, 0.15) is 0 Å². The summed E-state index contributed by atoms with van der Waals surface area (Å²) in [4.78, 5) is 16.9. The van der Waals surface area contributed by atoms with Crippen LogP contribution in [0.15, 0.2) is 55.1 Å². The Morgan fingerprint density at radius 3 is 2.37 bits per heavy atom. The molecule has 0 atom stereocenters. The molecular formula is C23H29N3O. The molecule has 4 nitrogen and oxygen atoms in total. The van der Waals surface area contributed by atoms with E-state index in [4.69, 9.17) is 0 Å². The van der Waals surface area contributed by atoms with Crippen LogP contribution in [0.4, 0.5) is 5.69 Å². The quantitative estimate of drug-likeness (QED) is 0.798. The first kappa shape index (κ1) is 19.2. The monoisotopic (exact) mass is 363 g/mol. The molecule has 2 aromatic carbocycles. The summed E-state index contributed by atoms with van der Waals surface area (Å²) < 4.78 is 0. The molecule has 0 aromatic heterocycles. The predicted molar refractivity (Wildman–Crippen MR) is 112 cm³/mol. The van der Waals surface area contributed by atoms with Crippen molar-refractivity contribution in [2.75, 3.05) is 37.6 Å². The second-order valence-corrected chi connectivity index (χ2v) is 7.23. The van der Waals surface area contributed by atoms with Crippen molar-refractivity contribution < 1.29 is 4.79 Å². The van der Waals surface area contributed by atoms with Crippen molar-refractivity contribution in [2.45, 2.75) is 20.4 Å². The van der Waals surface area contributed by atoms with E-state index in [9.17, 15) is 4.79 Å². The summed E-state index contributed by atoms with van der Waals surface area (Å²) in [6.45, 7) is 13.6. The number of nitrogens with one attached hydrogen (secondary N) is 1. The van der Waals surface area contributed by atoms with Crippen LogP contribution in [-0.4, -0.2) is 43.5 Å². The van der Waals surface area contributed by atoms with E-state index in [1.807, 2.05) is 12.1 Å². The minimum atomic E-state index is -0.0524. The van der Waals surface area contributed by atoms with Gasteiger partial charge in [0.2, 0.25) is 0 Å². The van der Waals surface area contributed by atoms with Gasteiger partial charge < -0.3 is 10.2 Å². The number of hydrogen-bond acceptors (Lipinski definition) is 3. The zero-order chi connectivity index (χ0) is 19.2. The summed E-state index contributed by atoms with van der Waals surface area (Å²) in [7, 11) is 0. The lowest BCUT2D eigenvalue weighted by Gasteiger charge is -2.36. The summed E-state index contributed by atoms with van der Waals surface area (Å²) in [5, 5.41) is 2.80. The standard InChI is InChI=1S/C23H29N3O/c1-4-11-24-23(27)21-8-6-20(7-9-21)17-25-12-14-26(15-13-25)22-10-5-18(2)19(3)16-22/h4-10,16H,1,11-15,17H2,2-3H3,(H,24,27). The van der Waals surface area contributed by atoms with Crippen molar-refractivity contribution in [3.05, 3.63) is 77.4 Å². The second-order valence-electron chi connectivity index (χ2n) is 7.23. The zero-order valence-corrected chi connectivity index (χ0v) is 16.4. The van der Waals surface area contributed by atoms with Crippen LogP contribution in [0.5, 0.6) is 0 Å². The molecule has 27 heavy (non-hydrogen) atoms. The number of nitrogens with zero attached hydrogens (tertiary/aromatic N) is 2. The van der Waals surface area contributed by atoms with Crippen LogP contribution >= 0.6 is 0 Å². The Morgan fingerprint density at radius 1 is 1.04 bits per heavy atom. The average Bonchev–Trinajstić information content (AvgIpc) is 2.69. The summed E-state index contributed by atoms with van der Waals surface area (Å²) in [5.74, 6) is -0.0524. The number of benzene rings is 2. The lowest BCUT2D eigenvalue weighted by atomic mass is 10.1. The van der Waals surface area contributed by atoms with Gasteiger partial charge >= 0.3 is 0 Å². The van der Waals surface area contributed by atoms with Crippen molar-refractivity contribution in [3.63, 3.8) is 0 Å². The molecule has 1 amide bonds. The van der Waals surface area contributed by atoms with E-state index in [0.717, 1.165) is 32.7 Å². The molecule has 4 heteroatoms. The van der Waals surface area contributed by atoms with Crippen LogP contribution in [0.2, 0.25) is 0 Å². The van der Waals surface area contributed by atoms with Crippen molar-refractivity contribution >= 4 is 11.6 Å². The van der Waals surface area contributed by atoms with E-state index >= 15 is 0 Å². The van der Waals surface area contributed by atoms with Crippen LogP contribution in [0, 0.1) is 13.8 Å². The average molecular weight is 364 g/mol. The van der Waals surface area contributed by atoms with Crippen LogP contribution in [-0.2, 0) is 6.54 Å². The maximum Gasteiger partial charge on any atom is 0.251 e. The Morgan fingerprint density at radius 2 is 1.74 bits per heavy atom. The third-order valence-electron chi connectivity index (χ3n) is 5.26. The fraction of sp³-hybridized carbons (Fsp3) is 0.348. The molecule has 1 N–H and O–H groups in total. The Bertz CT molecular complexity index is 790. The first-order valence-corrected chi connectivity index (χ1v) is 9.59. The molecule has 0 spiro atoms. The van der Waals surface area contributed by atoms with Gasteiger partial charge in [-0.25, -0.2) is 0 Å². The van der Waals surface area contributed by atoms with Crippen molar-refractivity contribution in [1.29, 1.82) is 0 Å². The normalized spacial score (nSPS) is 14.8. The molecule has 0 saturated carbocycles. The maximum atomic E-state index is 11.9. The van der Waals surface area contributed by atoms with Gasteiger partial charge in [-0.2, -0.15) is 0 Å². The predicted octanol–water partition coefficient (Wildman–Crippen LogP) is 3.54. The van der Waals surface area contributed by atoms with Gasteiger partial charge in [-0.3, -0.25) is 9.69 Å². The number of anilines is 1. The van der Waals surface area contributed by atoms with Gasteiger partial charge in [-0.1, -0.05) is 24.3 Å². The lowest BCUT2D eigenvalue weighted by Crippen LogP contribution is -2.46. The van der Waals surface area contributed by atoms with Crippen LogP contribution in [0.3, 0.4) is 0 Å². The Hall–Kier alpha value is -2.59. The molecule has 1 aliphatic heterocycles. The molecule has 0 radical (unpaired) electrons. The summed E-state index contributed by atoms with van der Waals surface area (Å²) in [6.07, 6.45) is 1.68. The van der Waals surface area contributed by atoms with Crippen LogP contribution < -0.4 is 10.2 Å². The first-order valence-electron chi connectivity index (χ1n) is 9.59. The van der Waals surface area contributed by atoms with Gasteiger partial charge in [0, 0.05) is 50.5 Å². The van der Waals surface area contributed by atoms with Gasteiger partial charge in [0.15, 0.2) is 0 Å². The Balaban J connectivity index is 1.52. The topological polar surface area (TPSA) is 35.6 Å². The fourth-order valence-electron chi connectivity index (χ4n) is 3.37. The number of rotatable bonds is 6. The van der Waals surface area contributed by atoms with Crippen LogP contribution in [0.25, 0.3) is 0 Å². The number of piperazine rings is 1. The molecule has 2 aromatic rings. The molecule has 1 aliphatic rings. The number of aryl methyl sites for hydroxylation is 2. The molecule has 0 unspecified atom stereocenters. The third kappa shape index (κ3) is 4.98. The molecule has 1 fully saturated rings. The Kier molecular flexibility index (Phi) is 6.30. The maximum absolute atomic E-state index is 11.9. The summed E-state index contributed by atoms with van der Waals surface area (Å²) in [5.41, 5.74) is 5.97. The first-order chi connectivity index (χ1) is 13.1. The summed E-state index contributed by atoms with van der Waals surface area (Å²) in [6, 6.07) is 14.6. The van der Waals surface area contributed by atoms with Crippen LogP contribution in [0.1, 0.15) is 27.0 Å². The SMILES string of the molecule is C=CCNC(=O)c1ccc(CN2CCN(c3ccc(C)c(C)c3)CC2)cc1. The van der Waals surface area contributed by atoms with Crippen molar-refractivity contribution in [1.82, 2.24) is 10.2 Å². The van der Waals surface area contributed by atoms with E-state index in [2.05, 4.69) is 65.9 Å². The minimum absolute atomic E-state index is 0.0524. The smallest absolute Gasteiger partial charge is 0.251 e. The molecule has 1 saturated heterocycles.